The van der Waals surface area contributed by atoms with Crippen LogP contribution < -0.4 is 0 Å². The third-order valence-corrected chi connectivity index (χ3v) is 2.94. The van der Waals surface area contributed by atoms with E-state index in [-0.39, 0.29) is 0 Å². The topological polar surface area (TPSA) is 59.4 Å². The Morgan fingerprint density at radius 3 is 2.65 bits per heavy atom. The average Bonchev–Trinajstić information content (AvgIpc) is 2.85. The Morgan fingerprint density at radius 2 is 1.94 bits per heavy atom. The summed E-state index contributed by atoms with van der Waals surface area (Å²) in [6.45, 7) is 4.18. The van der Waals surface area contributed by atoms with Crippen LogP contribution >= 0.6 is 0 Å². The number of nitrogens with zero attached hydrogens (tertiary/aromatic N) is 4. The van der Waals surface area contributed by atoms with Crippen LogP contribution in [0.2, 0.25) is 0 Å². The van der Waals surface area contributed by atoms with Crippen molar-refractivity contribution in [2.24, 2.45) is 7.05 Å². The summed E-state index contributed by atoms with van der Waals surface area (Å²) in [5.41, 5.74) is 5.27. The summed E-state index contributed by atoms with van der Waals surface area (Å²) in [5, 5.41) is 8.28. The number of imidazole rings is 1. The van der Waals surface area contributed by atoms with Gasteiger partial charge in [0.1, 0.15) is 5.69 Å². The zero-order valence-electron chi connectivity index (χ0n) is 10.0. The van der Waals surface area contributed by atoms with Gasteiger partial charge in [-0.05, 0) is 37.1 Å². The molecule has 2 aromatic heterocycles. The molecule has 0 aliphatic rings. The monoisotopic (exact) mass is 227 g/mol. The second-order valence-electron chi connectivity index (χ2n) is 4.26. The molecule has 0 atom stereocenters. The number of fused-ring (bicyclic) bond motifs is 1. The summed E-state index contributed by atoms with van der Waals surface area (Å²) in [5.74, 6) is 0.762. The molecule has 0 unspecified atom stereocenters. The van der Waals surface area contributed by atoms with Gasteiger partial charge in [-0.1, -0.05) is 0 Å². The van der Waals surface area contributed by atoms with Crippen molar-refractivity contribution in [2.45, 2.75) is 13.8 Å². The second-order valence-corrected chi connectivity index (χ2v) is 4.26. The molecular formula is C12H13N5. The van der Waals surface area contributed by atoms with Crippen LogP contribution in [-0.4, -0.2) is 25.0 Å². The summed E-state index contributed by atoms with van der Waals surface area (Å²) in [7, 11) is 1.79. The third-order valence-electron chi connectivity index (χ3n) is 2.94. The van der Waals surface area contributed by atoms with Crippen molar-refractivity contribution in [1.82, 2.24) is 25.0 Å². The normalized spacial score (nSPS) is 11.2. The van der Waals surface area contributed by atoms with Gasteiger partial charge in [0.15, 0.2) is 5.82 Å². The highest BCUT2D eigenvalue weighted by Gasteiger charge is 2.09. The fourth-order valence-corrected chi connectivity index (χ4v) is 1.85. The fourth-order valence-electron chi connectivity index (χ4n) is 1.85. The lowest BCUT2D eigenvalue weighted by atomic mass is 10.1. The summed E-state index contributed by atoms with van der Waals surface area (Å²) in [6.07, 6.45) is 1.71. The molecule has 0 fully saturated rings. The molecule has 0 bridgehead atoms. The molecule has 5 nitrogen and oxygen atoms in total. The minimum absolute atomic E-state index is 0.762. The maximum absolute atomic E-state index is 4.53. The van der Waals surface area contributed by atoms with E-state index >= 15 is 0 Å². The van der Waals surface area contributed by atoms with Gasteiger partial charge in [-0.3, -0.25) is 0 Å². The SMILES string of the molecule is Cc1cc2nc(-c3cnn(C)n3)[nH]c2cc1C. The molecule has 1 N–H and O–H groups in total. The highest BCUT2D eigenvalue weighted by Crippen LogP contribution is 2.21. The van der Waals surface area contributed by atoms with E-state index in [0.29, 0.717) is 0 Å². The molecule has 0 saturated carbocycles. The van der Waals surface area contributed by atoms with Crippen molar-refractivity contribution in [3.63, 3.8) is 0 Å². The highest BCUT2D eigenvalue weighted by molar-refractivity contribution is 5.80. The molecule has 3 rings (SSSR count). The molecule has 0 spiro atoms. The predicted molar refractivity (Wildman–Crippen MR) is 65.6 cm³/mol. The van der Waals surface area contributed by atoms with Gasteiger partial charge in [0.05, 0.1) is 17.2 Å². The summed E-state index contributed by atoms with van der Waals surface area (Å²) < 4.78 is 0. The van der Waals surface area contributed by atoms with Gasteiger partial charge in [-0.15, -0.1) is 0 Å². The van der Waals surface area contributed by atoms with Gasteiger partial charge in [-0.25, -0.2) is 4.98 Å². The summed E-state index contributed by atoms with van der Waals surface area (Å²) in [4.78, 5) is 9.32. The van der Waals surface area contributed by atoms with Crippen LogP contribution in [0.15, 0.2) is 18.3 Å². The van der Waals surface area contributed by atoms with Gasteiger partial charge >= 0.3 is 0 Å². The highest BCUT2D eigenvalue weighted by atomic mass is 15.4. The molecule has 2 heterocycles. The third kappa shape index (κ3) is 1.60. The van der Waals surface area contributed by atoms with E-state index < -0.39 is 0 Å². The number of aromatic nitrogens is 5. The number of nitrogens with one attached hydrogen (secondary N) is 1. The first-order valence-corrected chi connectivity index (χ1v) is 5.47. The summed E-state index contributed by atoms with van der Waals surface area (Å²) in [6, 6.07) is 4.19. The van der Waals surface area contributed by atoms with Crippen LogP contribution in [0.3, 0.4) is 0 Å². The van der Waals surface area contributed by atoms with Crippen molar-refractivity contribution in [1.29, 1.82) is 0 Å². The Kier molecular flexibility index (Phi) is 2.01. The Morgan fingerprint density at radius 1 is 1.18 bits per heavy atom. The molecule has 1 aromatic carbocycles. The molecular weight excluding hydrogens is 214 g/mol. The smallest absolute Gasteiger partial charge is 0.160 e. The molecule has 0 saturated heterocycles. The van der Waals surface area contributed by atoms with Crippen LogP contribution in [-0.2, 0) is 7.05 Å². The first-order valence-electron chi connectivity index (χ1n) is 5.47. The molecule has 0 amide bonds. The quantitative estimate of drug-likeness (QED) is 0.691. The lowest BCUT2D eigenvalue weighted by molar-refractivity contribution is 0.655. The van der Waals surface area contributed by atoms with Crippen molar-refractivity contribution >= 4 is 11.0 Å². The van der Waals surface area contributed by atoms with E-state index in [0.717, 1.165) is 22.6 Å². The number of benzene rings is 1. The molecule has 3 aromatic rings. The minimum atomic E-state index is 0.762. The van der Waals surface area contributed by atoms with Crippen LogP contribution in [0.25, 0.3) is 22.6 Å². The van der Waals surface area contributed by atoms with E-state index in [1.165, 1.54) is 15.9 Å². The van der Waals surface area contributed by atoms with Crippen molar-refractivity contribution < 1.29 is 0 Å². The number of rotatable bonds is 1. The van der Waals surface area contributed by atoms with Crippen LogP contribution in [0.5, 0.6) is 0 Å². The zero-order valence-corrected chi connectivity index (χ0v) is 10.0. The number of H-pyrrole nitrogens is 1. The number of aryl methyl sites for hydroxylation is 3. The largest absolute Gasteiger partial charge is 0.337 e. The van der Waals surface area contributed by atoms with Gasteiger partial charge in [0.2, 0.25) is 0 Å². The maximum Gasteiger partial charge on any atom is 0.160 e. The van der Waals surface area contributed by atoms with Gasteiger partial charge in [0, 0.05) is 7.05 Å². The lowest BCUT2D eigenvalue weighted by Crippen LogP contribution is -1.92. The van der Waals surface area contributed by atoms with Gasteiger partial charge in [0.25, 0.3) is 0 Å². The lowest BCUT2D eigenvalue weighted by Gasteiger charge is -1.97. The van der Waals surface area contributed by atoms with Crippen LogP contribution in [0, 0.1) is 13.8 Å². The van der Waals surface area contributed by atoms with Crippen LogP contribution in [0.4, 0.5) is 0 Å². The molecule has 5 heteroatoms. The van der Waals surface area contributed by atoms with E-state index in [4.69, 9.17) is 0 Å². The second kappa shape index (κ2) is 3.41. The van der Waals surface area contributed by atoms with Gasteiger partial charge in [-0.2, -0.15) is 15.0 Å². The first-order chi connectivity index (χ1) is 8.13. The molecule has 86 valence electrons. The molecule has 17 heavy (non-hydrogen) atoms. The maximum atomic E-state index is 4.53. The van der Waals surface area contributed by atoms with Crippen molar-refractivity contribution in [3.05, 3.63) is 29.5 Å². The Bertz CT molecular complexity index is 653. The standard InChI is InChI=1S/C12H13N5/c1-7-4-9-10(5-8(7)2)15-12(14-9)11-6-13-17(3)16-11/h4-6H,1-3H3,(H,14,15). The minimum Gasteiger partial charge on any atom is -0.337 e. The number of hydrogen-bond donors (Lipinski definition) is 1. The van der Waals surface area contributed by atoms with E-state index in [2.05, 4.69) is 46.1 Å². The van der Waals surface area contributed by atoms with Crippen LogP contribution in [0.1, 0.15) is 11.1 Å². The summed E-state index contributed by atoms with van der Waals surface area (Å²) >= 11 is 0. The first kappa shape index (κ1) is 10.0. The zero-order chi connectivity index (χ0) is 12.0. The number of aromatic amines is 1. The Labute approximate surface area is 98.5 Å². The van der Waals surface area contributed by atoms with E-state index in [1.54, 1.807) is 13.2 Å². The molecule has 0 aliphatic carbocycles. The van der Waals surface area contributed by atoms with E-state index in [1.807, 2.05) is 0 Å². The molecule has 0 aliphatic heterocycles. The van der Waals surface area contributed by atoms with E-state index in [9.17, 15) is 0 Å². The van der Waals surface area contributed by atoms with Gasteiger partial charge < -0.3 is 4.98 Å². The fraction of sp³-hybridized carbons (Fsp3) is 0.250. The average molecular weight is 227 g/mol. The van der Waals surface area contributed by atoms with Crippen molar-refractivity contribution in [2.75, 3.05) is 0 Å². The van der Waals surface area contributed by atoms with Crippen molar-refractivity contribution in [3.8, 4) is 11.5 Å². The molecule has 0 radical (unpaired) electrons. The predicted octanol–water partition coefficient (Wildman–Crippen LogP) is 1.98. The Balaban J connectivity index is 2.19. The number of hydrogen-bond acceptors (Lipinski definition) is 3. The Hall–Kier alpha value is -2.17.